The van der Waals surface area contributed by atoms with Gasteiger partial charge in [0.1, 0.15) is 18.4 Å². The molecule has 114 valence electrons. The molecule has 0 saturated carbocycles. The molecule has 0 aromatic heterocycles. The number of carboxylic acids is 1. The van der Waals surface area contributed by atoms with E-state index in [1.165, 1.54) is 0 Å². The van der Waals surface area contributed by atoms with Gasteiger partial charge in [0.25, 0.3) is 0 Å². The number of halogens is 2. The van der Waals surface area contributed by atoms with Crippen molar-refractivity contribution in [2.75, 3.05) is 13.2 Å². The van der Waals surface area contributed by atoms with Crippen molar-refractivity contribution >= 4 is 35.2 Å². The van der Waals surface area contributed by atoms with Crippen molar-refractivity contribution in [2.24, 2.45) is 5.92 Å². The molecule has 0 radical (unpaired) electrons. The van der Waals surface area contributed by atoms with Gasteiger partial charge in [0.2, 0.25) is 0 Å². The Morgan fingerprint density at radius 1 is 1.43 bits per heavy atom. The van der Waals surface area contributed by atoms with E-state index in [2.05, 4.69) is 5.32 Å². The molecular formula is C15H17Cl2NO3. The van der Waals surface area contributed by atoms with Gasteiger partial charge in [-0.05, 0) is 29.7 Å². The van der Waals surface area contributed by atoms with Crippen molar-refractivity contribution in [3.05, 3.63) is 33.3 Å². The number of hydrogen-bond donors (Lipinski definition) is 2. The fourth-order valence-electron chi connectivity index (χ4n) is 2.22. The number of carbonyl (C=O) groups is 1. The summed E-state index contributed by atoms with van der Waals surface area (Å²) in [6.07, 6.45) is 1.93. The Morgan fingerprint density at radius 2 is 2.14 bits per heavy atom. The van der Waals surface area contributed by atoms with Crippen LogP contribution >= 0.6 is 23.2 Å². The first kappa shape index (κ1) is 16.1. The Bertz CT molecular complexity index is 585. The smallest absolute Gasteiger partial charge is 0.320 e. The Kier molecular flexibility index (Phi) is 5.14. The normalized spacial score (nSPS) is 15.2. The molecule has 6 heteroatoms. The standard InChI is InChI=1S/C15H17Cl2NO3/c1-8(2)13(15(19)20)18-6-9-3-10-4-11(16)5-12(17)14(10)21-7-9/h3-5,8,13,18H,6-7H2,1-2H3,(H,19,20)/t13-/m1/s1. The van der Waals surface area contributed by atoms with E-state index in [0.29, 0.717) is 28.9 Å². The van der Waals surface area contributed by atoms with E-state index in [4.69, 9.17) is 33.0 Å². The van der Waals surface area contributed by atoms with Gasteiger partial charge in [-0.3, -0.25) is 4.79 Å². The van der Waals surface area contributed by atoms with Gasteiger partial charge in [-0.25, -0.2) is 0 Å². The Morgan fingerprint density at radius 3 is 2.76 bits per heavy atom. The van der Waals surface area contributed by atoms with Crippen molar-refractivity contribution < 1.29 is 14.6 Å². The van der Waals surface area contributed by atoms with Crippen LogP contribution in [0.2, 0.25) is 10.0 Å². The minimum absolute atomic E-state index is 0.00350. The average Bonchev–Trinajstić information content (AvgIpc) is 2.37. The largest absolute Gasteiger partial charge is 0.487 e. The molecule has 1 aromatic rings. The van der Waals surface area contributed by atoms with E-state index in [9.17, 15) is 4.79 Å². The predicted octanol–water partition coefficient (Wildman–Crippen LogP) is 3.47. The summed E-state index contributed by atoms with van der Waals surface area (Å²) in [5.41, 5.74) is 1.76. The number of fused-ring (bicyclic) bond motifs is 1. The molecule has 0 unspecified atom stereocenters. The highest BCUT2D eigenvalue weighted by Gasteiger charge is 2.22. The van der Waals surface area contributed by atoms with Crippen molar-refractivity contribution in [1.29, 1.82) is 0 Å². The van der Waals surface area contributed by atoms with Crippen LogP contribution in [0.25, 0.3) is 6.08 Å². The topological polar surface area (TPSA) is 58.6 Å². The molecule has 2 N–H and O–H groups in total. The molecule has 1 aromatic carbocycles. The second-order valence-electron chi connectivity index (χ2n) is 5.34. The molecule has 4 nitrogen and oxygen atoms in total. The summed E-state index contributed by atoms with van der Waals surface area (Å²) < 4.78 is 5.63. The van der Waals surface area contributed by atoms with Crippen LogP contribution in [-0.2, 0) is 4.79 Å². The number of carboxylic acid groups (broad SMARTS) is 1. The number of ether oxygens (including phenoxy) is 1. The van der Waals surface area contributed by atoms with Crippen LogP contribution in [-0.4, -0.2) is 30.3 Å². The summed E-state index contributed by atoms with van der Waals surface area (Å²) in [6.45, 7) is 4.56. The second kappa shape index (κ2) is 6.69. The van der Waals surface area contributed by atoms with Crippen molar-refractivity contribution in [3.63, 3.8) is 0 Å². The molecule has 1 heterocycles. The highest BCUT2D eigenvalue weighted by atomic mass is 35.5. The molecule has 0 amide bonds. The van der Waals surface area contributed by atoms with Gasteiger partial charge < -0.3 is 15.2 Å². The Labute approximate surface area is 133 Å². The lowest BCUT2D eigenvalue weighted by Gasteiger charge is -2.22. The summed E-state index contributed by atoms with van der Waals surface area (Å²) in [6, 6.07) is 2.83. The number of rotatable bonds is 5. The number of benzene rings is 1. The molecule has 0 saturated heterocycles. The molecule has 0 spiro atoms. The van der Waals surface area contributed by atoms with Gasteiger partial charge in [0.05, 0.1) is 5.02 Å². The zero-order chi connectivity index (χ0) is 15.6. The Balaban J connectivity index is 2.12. The number of hydrogen-bond acceptors (Lipinski definition) is 3. The van der Waals surface area contributed by atoms with E-state index >= 15 is 0 Å². The summed E-state index contributed by atoms with van der Waals surface area (Å²) in [7, 11) is 0. The third kappa shape index (κ3) is 3.90. The number of aliphatic carboxylic acids is 1. The number of nitrogens with one attached hydrogen (secondary N) is 1. The quantitative estimate of drug-likeness (QED) is 0.868. The molecule has 2 rings (SSSR count). The molecule has 1 aliphatic rings. The second-order valence-corrected chi connectivity index (χ2v) is 6.18. The van der Waals surface area contributed by atoms with Crippen molar-refractivity contribution in [3.8, 4) is 5.75 Å². The van der Waals surface area contributed by atoms with E-state index in [1.807, 2.05) is 19.9 Å². The van der Waals surface area contributed by atoms with Crippen LogP contribution in [0.1, 0.15) is 19.4 Å². The van der Waals surface area contributed by atoms with Gasteiger partial charge in [0, 0.05) is 17.1 Å². The van der Waals surface area contributed by atoms with Gasteiger partial charge in [0.15, 0.2) is 0 Å². The highest BCUT2D eigenvalue weighted by Crippen LogP contribution is 2.36. The lowest BCUT2D eigenvalue weighted by Crippen LogP contribution is -2.42. The van der Waals surface area contributed by atoms with Crippen LogP contribution in [0.5, 0.6) is 5.75 Å². The fraction of sp³-hybridized carbons (Fsp3) is 0.400. The first-order valence-corrected chi connectivity index (χ1v) is 7.41. The third-order valence-electron chi connectivity index (χ3n) is 3.28. The summed E-state index contributed by atoms with van der Waals surface area (Å²) in [5, 5.41) is 13.2. The first-order chi connectivity index (χ1) is 9.88. The molecule has 0 bridgehead atoms. The Hall–Kier alpha value is -1.23. The first-order valence-electron chi connectivity index (χ1n) is 6.66. The molecular weight excluding hydrogens is 313 g/mol. The zero-order valence-electron chi connectivity index (χ0n) is 11.8. The summed E-state index contributed by atoms with van der Waals surface area (Å²) in [4.78, 5) is 11.2. The average molecular weight is 330 g/mol. The monoisotopic (exact) mass is 329 g/mol. The van der Waals surface area contributed by atoms with Gasteiger partial charge >= 0.3 is 5.97 Å². The minimum Gasteiger partial charge on any atom is -0.487 e. The van der Waals surface area contributed by atoms with Gasteiger partial charge in [-0.2, -0.15) is 0 Å². The zero-order valence-corrected chi connectivity index (χ0v) is 13.3. The van der Waals surface area contributed by atoms with E-state index in [0.717, 1.165) is 11.1 Å². The third-order valence-corrected chi connectivity index (χ3v) is 3.78. The van der Waals surface area contributed by atoms with Crippen LogP contribution in [0.15, 0.2) is 17.7 Å². The van der Waals surface area contributed by atoms with Gasteiger partial charge in [-0.1, -0.05) is 37.0 Å². The lowest BCUT2D eigenvalue weighted by atomic mass is 10.0. The van der Waals surface area contributed by atoms with Gasteiger partial charge in [-0.15, -0.1) is 0 Å². The van der Waals surface area contributed by atoms with Crippen molar-refractivity contribution in [1.82, 2.24) is 5.32 Å². The van der Waals surface area contributed by atoms with Crippen LogP contribution in [0.4, 0.5) is 0 Å². The molecule has 21 heavy (non-hydrogen) atoms. The maximum absolute atomic E-state index is 11.2. The fourth-order valence-corrected chi connectivity index (χ4v) is 2.78. The maximum Gasteiger partial charge on any atom is 0.320 e. The molecule has 1 aliphatic heterocycles. The molecule has 0 aliphatic carbocycles. The SMILES string of the molecule is CC(C)[C@@H](NCC1=Cc2cc(Cl)cc(Cl)c2OC1)C(=O)O. The van der Waals surface area contributed by atoms with Crippen LogP contribution in [0.3, 0.4) is 0 Å². The summed E-state index contributed by atoms with van der Waals surface area (Å²) >= 11 is 12.1. The van der Waals surface area contributed by atoms with Crippen LogP contribution in [0, 0.1) is 5.92 Å². The minimum atomic E-state index is -0.853. The maximum atomic E-state index is 11.2. The van der Waals surface area contributed by atoms with E-state index < -0.39 is 12.0 Å². The summed E-state index contributed by atoms with van der Waals surface area (Å²) in [5.74, 6) is -0.235. The van der Waals surface area contributed by atoms with E-state index in [1.54, 1.807) is 12.1 Å². The lowest BCUT2D eigenvalue weighted by molar-refractivity contribution is -0.140. The molecule has 0 fully saturated rings. The highest BCUT2D eigenvalue weighted by molar-refractivity contribution is 6.36. The van der Waals surface area contributed by atoms with Crippen molar-refractivity contribution in [2.45, 2.75) is 19.9 Å². The van der Waals surface area contributed by atoms with Crippen LogP contribution < -0.4 is 10.1 Å². The van der Waals surface area contributed by atoms with E-state index in [-0.39, 0.29) is 5.92 Å². The predicted molar refractivity (Wildman–Crippen MR) is 84.2 cm³/mol. The molecule has 1 atom stereocenters.